The summed E-state index contributed by atoms with van der Waals surface area (Å²) in [6.07, 6.45) is 1.96. The fraction of sp³-hybridized carbons (Fsp3) is 0.130. The van der Waals surface area contributed by atoms with E-state index in [4.69, 9.17) is 11.6 Å². The number of nitrogens with one attached hydrogen (secondary N) is 1. The molecule has 0 fully saturated rings. The van der Waals surface area contributed by atoms with Gasteiger partial charge in [-0.1, -0.05) is 54.9 Å². The Morgan fingerprint density at radius 1 is 1.06 bits per heavy atom. The standard InChI is InChI=1S/C23H17ClF2N6O/c1-2-13-20-11-14(22-27-30-31-28-22)17(24)12-32(20)29-21(13)23(33,15-7-3-5-9-18(15)25)16-8-4-6-10-19(16)26/h3-12,33H,2H2,1H3,(H,27,28,30,31). The number of aliphatic hydroxyl groups is 1. The maximum absolute atomic E-state index is 15.0. The Labute approximate surface area is 191 Å². The van der Waals surface area contributed by atoms with Crippen LogP contribution in [0.1, 0.15) is 29.3 Å². The van der Waals surface area contributed by atoms with Crippen molar-refractivity contribution in [2.45, 2.75) is 18.9 Å². The number of hydrogen-bond donors (Lipinski definition) is 2. The lowest BCUT2D eigenvalue weighted by atomic mass is 9.80. The van der Waals surface area contributed by atoms with Crippen LogP contribution in [0.15, 0.2) is 60.8 Å². The minimum atomic E-state index is -2.20. The van der Waals surface area contributed by atoms with Crippen molar-refractivity contribution >= 4 is 17.1 Å². The molecule has 5 aromatic rings. The van der Waals surface area contributed by atoms with Gasteiger partial charge in [0.15, 0.2) is 11.4 Å². The molecular formula is C23H17ClF2N6O. The van der Waals surface area contributed by atoms with Crippen molar-refractivity contribution in [1.82, 2.24) is 30.2 Å². The first-order valence-corrected chi connectivity index (χ1v) is 10.5. The Bertz CT molecular complexity index is 1420. The first-order chi connectivity index (χ1) is 15.9. The average Bonchev–Trinajstić information content (AvgIpc) is 3.46. The Balaban J connectivity index is 1.86. The van der Waals surface area contributed by atoms with E-state index in [0.29, 0.717) is 33.9 Å². The fourth-order valence-corrected chi connectivity index (χ4v) is 4.36. The summed E-state index contributed by atoms with van der Waals surface area (Å²) in [5.74, 6) is -1.02. The van der Waals surface area contributed by atoms with Crippen LogP contribution in [-0.4, -0.2) is 35.3 Å². The van der Waals surface area contributed by atoms with E-state index < -0.39 is 17.2 Å². The molecule has 0 unspecified atom stereocenters. The molecule has 166 valence electrons. The third kappa shape index (κ3) is 3.28. The highest BCUT2D eigenvalue weighted by molar-refractivity contribution is 6.33. The maximum atomic E-state index is 15.0. The summed E-state index contributed by atoms with van der Waals surface area (Å²) in [6, 6.07) is 13.2. The monoisotopic (exact) mass is 466 g/mol. The first kappa shape index (κ1) is 21.2. The molecule has 7 nitrogen and oxygen atoms in total. The van der Waals surface area contributed by atoms with Crippen LogP contribution in [0.2, 0.25) is 5.02 Å². The zero-order valence-electron chi connectivity index (χ0n) is 17.3. The first-order valence-electron chi connectivity index (χ1n) is 10.1. The molecule has 3 aromatic heterocycles. The molecule has 0 atom stereocenters. The zero-order chi connectivity index (χ0) is 23.2. The summed E-state index contributed by atoms with van der Waals surface area (Å²) in [5.41, 5.74) is -0.615. The number of rotatable bonds is 5. The van der Waals surface area contributed by atoms with Crippen LogP contribution in [0.5, 0.6) is 0 Å². The van der Waals surface area contributed by atoms with Gasteiger partial charge < -0.3 is 5.11 Å². The number of fused-ring (bicyclic) bond motifs is 1. The molecule has 0 aliphatic rings. The molecule has 33 heavy (non-hydrogen) atoms. The van der Waals surface area contributed by atoms with Gasteiger partial charge in [0.1, 0.15) is 17.3 Å². The normalized spacial score (nSPS) is 11.9. The highest BCUT2D eigenvalue weighted by Gasteiger charge is 2.42. The van der Waals surface area contributed by atoms with Crippen LogP contribution in [0, 0.1) is 11.6 Å². The largest absolute Gasteiger partial charge is 0.374 e. The molecule has 0 amide bonds. The van der Waals surface area contributed by atoms with Crippen molar-refractivity contribution in [3.05, 3.63) is 99.8 Å². The molecule has 0 aliphatic carbocycles. The van der Waals surface area contributed by atoms with Gasteiger partial charge in [0.25, 0.3) is 0 Å². The summed E-state index contributed by atoms with van der Waals surface area (Å²) < 4.78 is 31.5. The molecular weight excluding hydrogens is 450 g/mol. The minimum absolute atomic E-state index is 0.101. The number of H-pyrrole nitrogens is 1. The van der Waals surface area contributed by atoms with Crippen LogP contribution in [0.4, 0.5) is 8.78 Å². The van der Waals surface area contributed by atoms with Crippen LogP contribution in [0.3, 0.4) is 0 Å². The topological polar surface area (TPSA) is 92.0 Å². The average molecular weight is 467 g/mol. The molecule has 0 saturated carbocycles. The summed E-state index contributed by atoms with van der Waals surface area (Å²) in [4.78, 5) is 0. The summed E-state index contributed by atoms with van der Waals surface area (Å²) in [5, 5.41) is 30.7. The number of halogens is 3. The SMILES string of the molecule is CCc1c(C(O)(c2ccccc2F)c2ccccc2F)nn2cc(Cl)c(-c3nnn[nH]3)cc12. The Kier molecular flexibility index (Phi) is 5.15. The summed E-state index contributed by atoms with van der Waals surface area (Å²) in [7, 11) is 0. The van der Waals surface area contributed by atoms with Crippen molar-refractivity contribution in [1.29, 1.82) is 0 Å². The van der Waals surface area contributed by atoms with E-state index in [9.17, 15) is 5.11 Å². The van der Waals surface area contributed by atoms with Gasteiger partial charge in [-0.3, -0.25) is 0 Å². The van der Waals surface area contributed by atoms with E-state index in [-0.39, 0.29) is 16.8 Å². The lowest BCUT2D eigenvalue weighted by Gasteiger charge is -2.29. The molecule has 3 heterocycles. The third-order valence-electron chi connectivity index (χ3n) is 5.65. The van der Waals surface area contributed by atoms with Crippen molar-refractivity contribution in [2.24, 2.45) is 0 Å². The number of pyridine rings is 1. The van der Waals surface area contributed by atoms with E-state index in [1.54, 1.807) is 24.4 Å². The van der Waals surface area contributed by atoms with Gasteiger partial charge in [0.05, 0.1) is 10.5 Å². The Hall–Kier alpha value is -3.69. The van der Waals surface area contributed by atoms with Crippen molar-refractivity contribution in [3.63, 3.8) is 0 Å². The van der Waals surface area contributed by atoms with Crippen LogP contribution >= 0.6 is 11.6 Å². The molecule has 10 heteroatoms. The smallest absolute Gasteiger partial charge is 0.181 e. The summed E-state index contributed by atoms with van der Waals surface area (Å²) in [6.45, 7) is 1.87. The van der Waals surface area contributed by atoms with Gasteiger partial charge in [-0.05, 0) is 35.0 Å². The second kappa shape index (κ2) is 8.02. The number of aryl methyl sites for hydroxylation is 1. The highest BCUT2D eigenvalue weighted by Crippen LogP contribution is 2.42. The molecule has 0 aliphatic heterocycles. The van der Waals surface area contributed by atoms with Gasteiger partial charge >= 0.3 is 0 Å². The van der Waals surface area contributed by atoms with Gasteiger partial charge in [0, 0.05) is 28.5 Å². The van der Waals surface area contributed by atoms with Crippen molar-refractivity contribution < 1.29 is 13.9 Å². The zero-order valence-corrected chi connectivity index (χ0v) is 18.1. The number of hydrogen-bond acceptors (Lipinski definition) is 5. The van der Waals surface area contributed by atoms with Crippen molar-refractivity contribution in [2.75, 3.05) is 0 Å². The van der Waals surface area contributed by atoms with E-state index >= 15 is 8.78 Å². The van der Waals surface area contributed by atoms with Gasteiger partial charge in [-0.25, -0.2) is 18.4 Å². The van der Waals surface area contributed by atoms with Crippen LogP contribution in [-0.2, 0) is 12.0 Å². The fourth-order valence-electron chi connectivity index (χ4n) is 4.12. The molecule has 0 saturated heterocycles. The number of benzene rings is 2. The lowest BCUT2D eigenvalue weighted by Crippen LogP contribution is -2.33. The quantitative estimate of drug-likeness (QED) is 0.403. The van der Waals surface area contributed by atoms with Crippen LogP contribution < -0.4 is 0 Å². The summed E-state index contributed by atoms with van der Waals surface area (Å²) >= 11 is 6.44. The van der Waals surface area contributed by atoms with E-state index in [0.717, 1.165) is 0 Å². The minimum Gasteiger partial charge on any atom is -0.374 e. The lowest BCUT2D eigenvalue weighted by molar-refractivity contribution is 0.111. The molecule has 2 aromatic carbocycles. The van der Waals surface area contributed by atoms with Crippen molar-refractivity contribution in [3.8, 4) is 11.4 Å². The maximum Gasteiger partial charge on any atom is 0.181 e. The van der Waals surface area contributed by atoms with Gasteiger partial charge in [-0.2, -0.15) is 5.10 Å². The molecule has 0 bridgehead atoms. The second-order valence-electron chi connectivity index (χ2n) is 7.47. The second-order valence-corrected chi connectivity index (χ2v) is 7.87. The molecule has 5 rings (SSSR count). The molecule has 0 radical (unpaired) electrons. The number of tetrazole rings is 1. The third-order valence-corrected chi connectivity index (χ3v) is 5.95. The number of aromatic nitrogens is 6. The van der Waals surface area contributed by atoms with Gasteiger partial charge in [0.2, 0.25) is 0 Å². The Morgan fingerprint density at radius 3 is 2.24 bits per heavy atom. The number of nitrogens with zero attached hydrogens (tertiary/aromatic N) is 5. The van der Waals surface area contributed by atoms with E-state index in [2.05, 4.69) is 25.7 Å². The van der Waals surface area contributed by atoms with E-state index in [1.807, 2.05) is 6.92 Å². The van der Waals surface area contributed by atoms with Gasteiger partial charge in [-0.15, -0.1) is 5.10 Å². The Morgan fingerprint density at radius 2 is 1.70 bits per heavy atom. The highest BCUT2D eigenvalue weighted by atomic mass is 35.5. The predicted octanol–water partition coefficient (Wildman–Crippen LogP) is 4.29. The molecule has 0 spiro atoms. The predicted molar refractivity (Wildman–Crippen MR) is 118 cm³/mol. The molecule has 2 N–H and O–H groups in total. The van der Waals surface area contributed by atoms with E-state index in [1.165, 1.54) is 40.9 Å². The number of aromatic amines is 1. The van der Waals surface area contributed by atoms with Crippen LogP contribution in [0.25, 0.3) is 16.9 Å².